The van der Waals surface area contributed by atoms with Crippen LogP contribution < -0.4 is 0 Å². The van der Waals surface area contributed by atoms with Crippen molar-refractivity contribution in [1.82, 2.24) is 9.80 Å². The highest BCUT2D eigenvalue weighted by Crippen LogP contribution is 2.32. The maximum absolute atomic E-state index is 14.4. The topological polar surface area (TPSA) is 87.2 Å². The fraction of sp³-hybridized carbons (Fsp3) is 0.550. The number of hydrogen-bond acceptors (Lipinski definition) is 4. The van der Waals surface area contributed by atoms with Gasteiger partial charge in [-0.1, -0.05) is 12.1 Å². The van der Waals surface area contributed by atoms with E-state index in [9.17, 15) is 18.8 Å². The van der Waals surface area contributed by atoms with Gasteiger partial charge in [0.1, 0.15) is 18.0 Å². The van der Waals surface area contributed by atoms with E-state index in [-0.39, 0.29) is 30.0 Å². The molecule has 1 saturated heterocycles. The zero-order valence-electron chi connectivity index (χ0n) is 16.3. The molecule has 2 fully saturated rings. The van der Waals surface area contributed by atoms with Crippen LogP contribution in [0.4, 0.5) is 9.18 Å². The Kier molecular flexibility index (Phi) is 5.32. The molecular formula is C20H25FN2O5. The van der Waals surface area contributed by atoms with E-state index in [0.29, 0.717) is 18.7 Å². The fourth-order valence-electron chi connectivity index (χ4n) is 3.20. The number of nitrogens with zero attached hydrogens (tertiary/aromatic N) is 2. The van der Waals surface area contributed by atoms with Gasteiger partial charge in [-0.15, -0.1) is 0 Å². The number of benzene rings is 1. The Labute approximate surface area is 163 Å². The predicted molar refractivity (Wildman–Crippen MR) is 98.6 cm³/mol. The van der Waals surface area contributed by atoms with Gasteiger partial charge in [0.2, 0.25) is 5.91 Å². The van der Waals surface area contributed by atoms with Gasteiger partial charge in [0.05, 0.1) is 5.56 Å². The minimum atomic E-state index is -1.32. The number of carbonyl (C=O) groups excluding carboxylic acids is 2. The highest BCUT2D eigenvalue weighted by molar-refractivity contribution is 5.88. The second kappa shape index (κ2) is 7.41. The van der Waals surface area contributed by atoms with Crippen LogP contribution in [-0.4, -0.2) is 64.2 Å². The van der Waals surface area contributed by atoms with Crippen molar-refractivity contribution < 1.29 is 28.6 Å². The van der Waals surface area contributed by atoms with Crippen LogP contribution in [0.3, 0.4) is 0 Å². The number of amides is 2. The van der Waals surface area contributed by atoms with Crippen molar-refractivity contribution in [3.63, 3.8) is 0 Å². The van der Waals surface area contributed by atoms with Crippen molar-refractivity contribution in [3.8, 4) is 0 Å². The smallest absolute Gasteiger partial charge is 0.411 e. The van der Waals surface area contributed by atoms with Gasteiger partial charge in [0, 0.05) is 25.0 Å². The Bertz CT molecular complexity index is 794. The van der Waals surface area contributed by atoms with Crippen LogP contribution in [0.25, 0.3) is 0 Å². The second-order valence-electron chi connectivity index (χ2n) is 8.35. The molecule has 1 aliphatic carbocycles. The average molecular weight is 392 g/mol. The van der Waals surface area contributed by atoms with E-state index >= 15 is 0 Å². The number of aromatic carboxylic acids is 1. The van der Waals surface area contributed by atoms with Gasteiger partial charge in [-0.05, 0) is 45.2 Å². The summed E-state index contributed by atoms with van der Waals surface area (Å²) in [5, 5.41) is 9.04. The monoisotopic (exact) mass is 392 g/mol. The second-order valence-corrected chi connectivity index (χ2v) is 8.35. The van der Waals surface area contributed by atoms with E-state index in [4.69, 9.17) is 9.84 Å². The molecule has 0 unspecified atom stereocenters. The van der Waals surface area contributed by atoms with Crippen LogP contribution in [0.15, 0.2) is 18.2 Å². The standard InChI is InChI=1S/C20H25FN2O5/c1-20(2,3)28-19(27)23(13-7-8-13)11-16(24)22-9-12(10-22)14-5-4-6-15(17(14)21)18(25)26/h4-6,12-13H,7-11H2,1-3H3,(H,25,26). The third-order valence-corrected chi connectivity index (χ3v) is 4.85. The number of rotatable bonds is 5. The first-order chi connectivity index (χ1) is 13.1. The Morgan fingerprint density at radius 2 is 1.89 bits per heavy atom. The molecule has 0 spiro atoms. The Morgan fingerprint density at radius 3 is 2.43 bits per heavy atom. The molecule has 2 amide bonds. The quantitative estimate of drug-likeness (QED) is 0.833. The lowest BCUT2D eigenvalue weighted by molar-refractivity contribution is -0.137. The lowest BCUT2D eigenvalue weighted by Crippen LogP contribution is -2.53. The van der Waals surface area contributed by atoms with Crippen molar-refractivity contribution in [2.45, 2.75) is 51.2 Å². The first-order valence-electron chi connectivity index (χ1n) is 9.36. The van der Waals surface area contributed by atoms with E-state index in [2.05, 4.69) is 0 Å². The van der Waals surface area contributed by atoms with Crippen molar-refractivity contribution >= 4 is 18.0 Å². The summed E-state index contributed by atoms with van der Waals surface area (Å²) in [5.74, 6) is -2.53. The molecule has 28 heavy (non-hydrogen) atoms. The summed E-state index contributed by atoms with van der Waals surface area (Å²) in [6.07, 6.45) is 1.20. The fourth-order valence-corrected chi connectivity index (χ4v) is 3.20. The summed E-state index contributed by atoms with van der Waals surface area (Å²) in [5.41, 5.74) is -0.704. The summed E-state index contributed by atoms with van der Waals surface area (Å²) < 4.78 is 19.7. The van der Waals surface area contributed by atoms with E-state index < -0.39 is 23.5 Å². The van der Waals surface area contributed by atoms with E-state index in [1.165, 1.54) is 17.0 Å². The summed E-state index contributed by atoms with van der Waals surface area (Å²) in [4.78, 5) is 39.0. The first kappa shape index (κ1) is 20.1. The number of ether oxygens (including phenoxy) is 1. The Balaban J connectivity index is 1.59. The largest absolute Gasteiger partial charge is 0.478 e. The predicted octanol–water partition coefficient (Wildman–Crippen LogP) is 2.85. The average Bonchev–Trinajstić information content (AvgIpc) is 3.35. The Morgan fingerprint density at radius 1 is 1.25 bits per heavy atom. The Hall–Kier alpha value is -2.64. The van der Waals surface area contributed by atoms with Gasteiger partial charge in [-0.2, -0.15) is 0 Å². The molecule has 8 heteroatoms. The maximum Gasteiger partial charge on any atom is 0.411 e. The number of carbonyl (C=O) groups is 3. The normalized spacial score (nSPS) is 17.1. The number of hydrogen-bond donors (Lipinski definition) is 1. The highest BCUT2D eigenvalue weighted by atomic mass is 19.1. The van der Waals surface area contributed by atoms with E-state index in [1.807, 2.05) is 0 Å². The van der Waals surface area contributed by atoms with Crippen LogP contribution in [0.5, 0.6) is 0 Å². The third kappa shape index (κ3) is 4.43. The van der Waals surface area contributed by atoms with Crippen molar-refractivity contribution in [2.24, 2.45) is 0 Å². The molecule has 0 aromatic heterocycles. The maximum atomic E-state index is 14.4. The number of carboxylic acids is 1. The van der Waals surface area contributed by atoms with Gasteiger partial charge in [-0.3, -0.25) is 9.69 Å². The number of carboxylic acid groups (broad SMARTS) is 1. The molecule has 1 aliphatic heterocycles. The van der Waals surface area contributed by atoms with Gasteiger partial charge in [0.25, 0.3) is 0 Å². The lowest BCUT2D eigenvalue weighted by Gasteiger charge is -2.40. The van der Waals surface area contributed by atoms with Crippen LogP contribution >= 0.6 is 0 Å². The van der Waals surface area contributed by atoms with E-state index in [1.54, 1.807) is 31.7 Å². The summed E-state index contributed by atoms with van der Waals surface area (Å²) in [6, 6.07) is 4.30. The molecule has 7 nitrogen and oxygen atoms in total. The van der Waals surface area contributed by atoms with Gasteiger partial charge >= 0.3 is 12.1 Å². The molecule has 1 aromatic rings. The molecular weight excluding hydrogens is 367 g/mol. The molecule has 3 rings (SSSR count). The van der Waals surface area contributed by atoms with Crippen LogP contribution in [0, 0.1) is 5.82 Å². The molecule has 1 heterocycles. The number of likely N-dealkylation sites (tertiary alicyclic amines) is 1. The van der Waals surface area contributed by atoms with E-state index in [0.717, 1.165) is 12.8 Å². The van der Waals surface area contributed by atoms with Gasteiger partial charge in [0.15, 0.2) is 0 Å². The minimum Gasteiger partial charge on any atom is -0.478 e. The molecule has 152 valence electrons. The van der Waals surface area contributed by atoms with Gasteiger partial charge in [-0.25, -0.2) is 14.0 Å². The molecule has 0 atom stereocenters. The first-order valence-corrected chi connectivity index (χ1v) is 9.36. The van der Waals surface area contributed by atoms with Crippen molar-refractivity contribution in [1.29, 1.82) is 0 Å². The van der Waals surface area contributed by atoms with Crippen LogP contribution in [0.2, 0.25) is 0 Å². The molecule has 1 N–H and O–H groups in total. The molecule has 1 aromatic carbocycles. The molecule has 0 radical (unpaired) electrons. The van der Waals surface area contributed by atoms with Crippen molar-refractivity contribution in [3.05, 3.63) is 35.1 Å². The third-order valence-electron chi connectivity index (χ3n) is 4.85. The zero-order valence-corrected chi connectivity index (χ0v) is 16.3. The zero-order chi connectivity index (χ0) is 20.6. The summed E-state index contributed by atoms with van der Waals surface area (Å²) in [7, 11) is 0. The lowest BCUT2D eigenvalue weighted by atomic mass is 9.89. The molecule has 1 saturated carbocycles. The summed E-state index contributed by atoms with van der Waals surface area (Å²) >= 11 is 0. The highest BCUT2D eigenvalue weighted by Gasteiger charge is 2.40. The minimum absolute atomic E-state index is 0.0283. The summed E-state index contributed by atoms with van der Waals surface area (Å²) in [6.45, 7) is 5.86. The van der Waals surface area contributed by atoms with Crippen LogP contribution in [-0.2, 0) is 9.53 Å². The van der Waals surface area contributed by atoms with Crippen molar-refractivity contribution in [2.75, 3.05) is 19.6 Å². The molecule has 0 bridgehead atoms. The van der Waals surface area contributed by atoms with Gasteiger partial charge < -0.3 is 14.7 Å². The molecule has 2 aliphatic rings. The SMILES string of the molecule is CC(C)(C)OC(=O)N(CC(=O)N1CC(c2cccc(C(=O)O)c2F)C1)C1CC1. The number of halogens is 1. The van der Waals surface area contributed by atoms with Crippen LogP contribution in [0.1, 0.15) is 55.5 Å².